The molecule has 1 atom stereocenters. The molecule has 0 fully saturated rings. The van der Waals surface area contributed by atoms with Crippen molar-refractivity contribution in [2.75, 3.05) is 7.11 Å². The van der Waals surface area contributed by atoms with Gasteiger partial charge < -0.3 is 14.6 Å². The van der Waals surface area contributed by atoms with Crippen molar-refractivity contribution in [1.29, 1.82) is 0 Å². The van der Waals surface area contributed by atoms with Crippen molar-refractivity contribution < 1.29 is 24.2 Å². The van der Waals surface area contributed by atoms with Crippen LogP contribution in [0.4, 0.5) is 0 Å². The summed E-state index contributed by atoms with van der Waals surface area (Å²) in [6, 6.07) is 22.7. The highest BCUT2D eigenvalue weighted by molar-refractivity contribution is 5.89. The Bertz CT molecular complexity index is 1110. The summed E-state index contributed by atoms with van der Waals surface area (Å²) < 4.78 is 10.6. The van der Waals surface area contributed by atoms with Crippen LogP contribution in [0, 0.1) is 0 Å². The summed E-state index contributed by atoms with van der Waals surface area (Å²) in [7, 11) is 1.45. The average molecular weight is 430 g/mol. The van der Waals surface area contributed by atoms with E-state index in [9.17, 15) is 14.7 Å². The van der Waals surface area contributed by atoms with E-state index in [2.05, 4.69) is 10.5 Å². The summed E-state index contributed by atoms with van der Waals surface area (Å²) in [5.41, 5.74) is 4.23. The van der Waals surface area contributed by atoms with Crippen molar-refractivity contribution in [3.8, 4) is 11.5 Å². The van der Waals surface area contributed by atoms with Crippen LogP contribution >= 0.6 is 0 Å². The molecule has 3 aromatic rings. The Kier molecular flexibility index (Phi) is 7.89. The highest BCUT2D eigenvalue weighted by Gasteiger charge is 2.16. The number of nitrogens with zero attached hydrogens (tertiary/aromatic N) is 1. The fraction of sp³-hybridized carbons (Fsp3) is 0.0800. The van der Waals surface area contributed by atoms with E-state index in [1.807, 2.05) is 30.3 Å². The van der Waals surface area contributed by atoms with Crippen molar-refractivity contribution in [2.45, 2.75) is 6.10 Å². The molecule has 0 unspecified atom stereocenters. The molecule has 0 saturated carbocycles. The Morgan fingerprint density at radius 2 is 1.62 bits per heavy atom. The Hall–Kier alpha value is -4.23. The second-order valence-corrected chi connectivity index (χ2v) is 6.62. The fourth-order valence-corrected chi connectivity index (χ4v) is 2.74. The molecule has 0 saturated heterocycles. The first kappa shape index (κ1) is 22.5. The van der Waals surface area contributed by atoms with Crippen LogP contribution in [0.3, 0.4) is 0 Å². The summed E-state index contributed by atoms with van der Waals surface area (Å²) in [5.74, 6) is -0.632. The number of benzene rings is 3. The van der Waals surface area contributed by atoms with E-state index in [0.29, 0.717) is 16.9 Å². The van der Waals surface area contributed by atoms with E-state index in [4.69, 9.17) is 9.47 Å². The molecule has 162 valence electrons. The molecular weight excluding hydrogens is 408 g/mol. The third-order valence-electron chi connectivity index (χ3n) is 4.36. The largest absolute Gasteiger partial charge is 0.493 e. The molecule has 0 aromatic heterocycles. The molecule has 0 heterocycles. The van der Waals surface area contributed by atoms with Gasteiger partial charge in [0.05, 0.1) is 13.3 Å². The van der Waals surface area contributed by atoms with Crippen LogP contribution in [0.25, 0.3) is 6.08 Å². The second-order valence-electron chi connectivity index (χ2n) is 6.62. The topological polar surface area (TPSA) is 97.2 Å². The molecule has 7 heteroatoms. The van der Waals surface area contributed by atoms with E-state index in [1.165, 1.54) is 19.4 Å². The van der Waals surface area contributed by atoms with E-state index in [1.54, 1.807) is 54.6 Å². The van der Waals surface area contributed by atoms with Gasteiger partial charge in [0.2, 0.25) is 0 Å². The summed E-state index contributed by atoms with van der Waals surface area (Å²) >= 11 is 0. The molecule has 0 radical (unpaired) electrons. The molecule has 1 amide bonds. The van der Waals surface area contributed by atoms with Crippen LogP contribution in [0.2, 0.25) is 0 Å². The van der Waals surface area contributed by atoms with Crippen molar-refractivity contribution in [2.24, 2.45) is 5.10 Å². The number of amides is 1. The molecule has 0 bridgehead atoms. The van der Waals surface area contributed by atoms with Crippen molar-refractivity contribution in [3.05, 3.63) is 102 Å². The number of esters is 1. The maximum Gasteiger partial charge on any atom is 0.336 e. The van der Waals surface area contributed by atoms with Gasteiger partial charge in [-0.05, 0) is 41.0 Å². The molecule has 0 aliphatic heterocycles. The SMILES string of the molecule is COc1cc(/C=N\NC(=O)[C@H](O)c2ccccc2)ccc1OC(=O)/C=C/c1ccccc1. The molecule has 0 aliphatic rings. The number of hydrogen-bond donors (Lipinski definition) is 2. The third kappa shape index (κ3) is 6.38. The lowest BCUT2D eigenvalue weighted by molar-refractivity contribution is -0.130. The fourth-order valence-electron chi connectivity index (χ4n) is 2.74. The summed E-state index contributed by atoms with van der Waals surface area (Å²) in [6.45, 7) is 0. The number of aliphatic hydroxyl groups is 1. The normalized spacial score (nSPS) is 11.9. The van der Waals surface area contributed by atoms with Crippen molar-refractivity contribution in [1.82, 2.24) is 5.43 Å². The van der Waals surface area contributed by atoms with Gasteiger partial charge in [0, 0.05) is 6.08 Å². The lowest BCUT2D eigenvalue weighted by atomic mass is 10.1. The number of methoxy groups -OCH3 is 1. The highest BCUT2D eigenvalue weighted by atomic mass is 16.6. The smallest absolute Gasteiger partial charge is 0.336 e. The van der Waals surface area contributed by atoms with E-state index in [-0.39, 0.29) is 5.75 Å². The zero-order valence-corrected chi connectivity index (χ0v) is 17.3. The van der Waals surface area contributed by atoms with Crippen LogP contribution in [-0.2, 0) is 9.59 Å². The Labute approximate surface area is 185 Å². The summed E-state index contributed by atoms with van der Waals surface area (Å²) in [4.78, 5) is 24.1. The van der Waals surface area contributed by atoms with Gasteiger partial charge in [-0.25, -0.2) is 10.2 Å². The van der Waals surface area contributed by atoms with Gasteiger partial charge in [0.15, 0.2) is 17.6 Å². The minimum atomic E-state index is -1.33. The van der Waals surface area contributed by atoms with E-state index in [0.717, 1.165) is 5.56 Å². The number of carbonyl (C=O) groups is 2. The zero-order chi connectivity index (χ0) is 22.8. The molecule has 3 aromatic carbocycles. The Morgan fingerprint density at radius 3 is 2.31 bits per heavy atom. The standard InChI is InChI=1S/C25H22N2O5/c1-31-22-16-19(17-26-27-25(30)24(29)20-10-6-3-7-11-20)12-14-21(22)32-23(28)15-13-18-8-4-2-5-9-18/h2-17,24,29H,1H3,(H,27,30)/b15-13+,26-17-/t24-/m1/s1. The molecule has 32 heavy (non-hydrogen) atoms. The van der Waals surface area contributed by atoms with Gasteiger partial charge in [0.1, 0.15) is 0 Å². The van der Waals surface area contributed by atoms with Gasteiger partial charge in [-0.1, -0.05) is 60.7 Å². The number of hydrogen-bond acceptors (Lipinski definition) is 6. The zero-order valence-electron chi connectivity index (χ0n) is 17.3. The van der Waals surface area contributed by atoms with E-state index < -0.39 is 18.0 Å². The molecular formula is C25H22N2O5. The van der Waals surface area contributed by atoms with Gasteiger partial charge >= 0.3 is 5.97 Å². The first-order valence-corrected chi connectivity index (χ1v) is 9.75. The predicted octanol–water partition coefficient (Wildman–Crippen LogP) is 3.50. The van der Waals surface area contributed by atoms with Crippen molar-refractivity contribution >= 4 is 24.2 Å². The monoisotopic (exact) mass is 430 g/mol. The summed E-state index contributed by atoms with van der Waals surface area (Å²) in [6.07, 6.45) is 3.05. The number of rotatable bonds is 8. The summed E-state index contributed by atoms with van der Waals surface area (Å²) in [5, 5.41) is 13.9. The van der Waals surface area contributed by atoms with Crippen LogP contribution in [0.5, 0.6) is 11.5 Å². The van der Waals surface area contributed by atoms with Gasteiger partial charge in [-0.3, -0.25) is 4.79 Å². The van der Waals surface area contributed by atoms with Gasteiger partial charge in [-0.15, -0.1) is 0 Å². The maximum atomic E-state index is 12.1. The first-order chi connectivity index (χ1) is 15.6. The minimum absolute atomic E-state index is 0.246. The highest BCUT2D eigenvalue weighted by Crippen LogP contribution is 2.28. The second kappa shape index (κ2) is 11.2. The number of ether oxygens (including phenoxy) is 2. The van der Waals surface area contributed by atoms with Crippen LogP contribution in [0.15, 0.2) is 90.0 Å². The van der Waals surface area contributed by atoms with E-state index >= 15 is 0 Å². The number of aliphatic hydroxyl groups excluding tert-OH is 1. The molecule has 0 spiro atoms. The maximum absolute atomic E-state index is 12.1. The molecule has 0 aliphatic carbocycles. The number of hydrazone groups is 1. The Morgan fingerprint density at radius 1 is 0.938 bits per heavy atom. The number of nitrogens with one attached hydrogen (secondary N) is 1. The third-order valence-corrected chi connectivity index (χ3v) is 4.36. The minimum Gasteiger partial charge on any atom is -0.493 e. The average Bonchev–Trinajstić information content (AvgIpc) is 2.84. The van der Waals surface area contributed by atoms with Crippen LogP contribution in [-0.4, -0.2) is 30.3 Å². The quantitative estimate of drug-likeness (QED) is 0.187. The molecule has 2 N–H and O–H groups in total. The number of carbonyl (C=O) groups excluding carboxylic acids is 2. The lowest BCUT2D eigenvalue weighted by Gasteiger charge is -2.09. The molecule has 3 rings (SSSR count). The Balaban J connectivity index is 1.60. The van der Waals surface area contributed by atoms with Crippen molar-refractivity contribution in [3.63, 3.8) is 0 Å². The first-order valence-electron chi connectivity index (χ1n) is 9.75. The van der Waals surface area contributed by atoms with Gasteiger partial charge in [-0.2, -0.15) is 5.10 Å². The molecule has 7 nitrogen and oxygen atoms in total. The lowest BCUT2D eigenvalue weighted by Crippen LogP contribution is -2.25. The van der Waals surface area contributed by atoms with Crippen LogP contribution in [0.1, 0.15) is 22.8 Å². The predicted molar refractivity (Wildman–Crippen MR) is 121 cm³/mol. The van der Waals surface area contributed by atoms with Gasteiger partial charge in [0.25, 0.3) is 5.91 Å². The van der Waals surface area contributed by atoms with Crippen LogP contribution < -0.4 is 14.9 Å².